The number of imidazole rings is 1. The minimum Gasteiger partial charge on any atom is -0.391 e. The zero-order valence-electron chi connectivity index (χ0n) is 10.1. The Morgan fingerprint density at radius 2 is 2.10 bits per heavy atom. The van der Waals surface area contributed by atoms with Crippen molar-refractivity contribution in [2.45, 2.75) is 18.0 Å². The smallest absolute Gasteiger partial charge is 0.243 e. The van der Waals surface area contributed by atoms with Crippen LogP contribution in [0.1, 0.15) is 11.4 Å². The predicted molar refractivity (Wildman–Crippen MR) is 64.9 cm³/mol. The number of hydrogen-bond acceptors (Lipinski definition) is 4. The van der Waals surface area contributed by atoms with Crippen LogP contribution in [0.5, 0.6) is 0 Å². The Labute approximate surface area is 113 Å². The van der Waals surface area contributed by atoms with Crippen molar-refractivity contribution in [3.63, 3.8) is 0 Å². The van der Waals surface area contributed by atoms with Gasteiger partial charge in [0, 0.05) is 12.4 Å². The van der Waals surface area contributed by atoms with Crippen LogP contribution in [-0.2, 0) is 23.2 Å². The normalized spacial score (nSPS) is 11.8. The Hall–Kier alpha value is -1.84. The number of aromatic nitrogens is 2. The zero-order valence-corrected chi connectivity index (χ0v) is 10.9. The summed E-state index contributed by atoms with van der Waals surface area (Å²) in [4.78, 5) is 5.76. The number of hydrogen-bond donors (Lipinski definition) is 3. The molecule has 0 unspecified atom stereocenters. The summed E-state index contributed by atoms with van der Waals surface area (Å²) >= 11 is 0. The van der Waals surface area contributed by atoms with Crippen molar-refractivity contribution in [1.29, 1.82) is 0 Å². The predicted octanol–water partition coefficient (Wildman–Crippen LogP) is 0.659. The summed E-state index contributed by atoms with van der Waals surface area (Å²) in [6, 6.07) is 1.59. The summed E-state index contributed by atoms with van der Waals surface area (Å²) in [6.45, 7) is -1.10. The number of aliphatic hydroxyl groups is 1. The second kappa shape index (κ2) is 5.65. The molecule has 108 valence electrons. The monoisotopic (exact) mass is 303 g/mol. The summed E-state index contributed by atoms with van der Waals surface area (Å²) in [5.74, 6) is -1.96. The maximum Gasteiger partial charge on any atom is 0.243 e. The Kier molecular flexibility index (Phi) is 4.12. The largest absolute Gasteiger partial charge is 0.391 e. The van der Waals surface area contributed by atoms with Crippen LogP contribution in [-0.4, -0.2) is 23.5 Å². The number of aliphatic hydroxyl groups excluding tert-OH is 1. The number of rotatable bonds is 5. The van der Waals surface area contributed by atoms with E-state index >= 15 is 0 Å². The molecule has 0 spiro atoms. The van der Waals surface area contributed by atoms with E-state index in [1.165, 1.54) is 12.4 Å². The van der Waals surface area contributed by atoms with Gasteiger partial charge in [-0.1, -0.05) is 0 Å². The van der Waals surface area contributed by atoms with Gasteiger partial charge in [-0.25, -0.2) is 26.9 Å². The van der Waals surface area contributed by atoms with Crippen molar-refractivity contribution in [3.05, 3.63) is 47.5 Å². The van der Waals surface area contributed by atoms with E-state index in [0.29, 0.717) is 5.82 Å². The molecule has 1 aromatic carbocycles. The number of halogens is 2. The van der Waals surface area contributed by atoms with E-state index in [2.05, 4.69) is 14.7 Å². The van der Waals surface area contributed by atoms with Gasteiger partial charge >= 0.3 is 0 Å². The summed E-state index contributed by atoms with van der Waals surface area (Å²) in [7, 11) is -4.18. The molecule has 0 aliphatic heterocycles. The molecule has 0 amide bonds. The number of aromatic amines is 1. The van der Waals surface area contributed by atoms with Crippen molar-refractivity contribution in [1.82, 2.24) is 14.7 Å². The molecule has 0 fully saturated rings. The van der Waals surface area contributed by atoms with Crippen molar-refractivity contribution in [2.24, 2.45) is 0 Å². The second-order valence-corrected chi connectivity index (χ2v) is 5.59. The van der Waals surface area contributed by atoms with Gasteiger partial charge < -0.3 is 10.1 Å². The van der Waals surface area contributed by atoms with Crippen LogP contribution in [0.25, 0.3) is 0 Å². The molecule has 0 aliphatic rings. The Balaban J connectivity index is 2.30. The van der Waals surface area contributed by atoms with Crippen LogP contribution in [0.3, 0.4) is 0 Å². The zero-order chi connectivity index (χ0) is 14.8. The summed E-state index contributed by atoms with van der Waals surface area (Å²) in [5.41, 5.74) is -0.689. The molecule has 0 saturated heterocycles. The maximum absolute atomic E-state index is 13.9. The van der Waals surface area contributed by atoms with Crippen LogP contribution in [0.2, 0.25) is 0 Å². The van der Waals surface area contributed by atoms with Gasteiger partial charge in [-0.15, -0.1) is 0 Å². The lowest BCUT2D eigenvalue weighted by molar-refractivity contribution is 0.267. The maximum atomic E-state index is 13.9. The van der Waals surface area contributed by atoms with Crippen LogP contribution in [0, 0.1) is 11.6 Å². The quantitative estimate of drug-likeness (QED) is 0.756. The van der Waals surface area contributed by atoms with Gasteiger partial charge in [0.2, 0.25) is 10.0 Å². The highest BCUT2D eigenvalue weighted by molar-refractivity contribution is 7.89. The molecule has 2 aromatic rings. The number of benzene rings is 1. The summed E-state index contributed by atoms with van der Waals surface area (Å²) in [5, 5.41) is 8.86. The molecule has 6 nitrogen and oxygen atoms in total. The lowest BCUT2D eigenvalue weighted by Gasteiger charge is -2.09. The third-order valence-electron chi connectivity index (χ3n) is 2.58. The Morgan fingerprint density at radius 3 is 2.70 bits per heavy atom. The first-order chi connectivity index (χ1) is 9.45. The van der Waals surface area contributed by atoms with Gasteiger partial charge in [-0.05, 0) is 12.1 Å². The Morgan fingerprint density at radius 1 is 1.35 bits per heavy atom. The van der Waals surface area contributed by atoms with E-state index in [1.807, 2.05) is 0 Å². The average Bonchev–Trinajstić information content (AvgIpc) is 2.90. The highest BCUT2D eigenvalue weighted by Gasteiger charge is 2.23. The molecule has 2 rings (SSSR count). The molecule has 0 aliphatic carbocycles. The SMILES string of the molecule is O=S(=O)(NCc1ncc[nH]1)c1ccc(F)c(CO)c1F. The van der Waals surface area contributed by atoms with Gasteiger partial charge in [0.1, 0.15) is 16.5 Å². The molecule has 3 N–H and O–H groups in total. The van der Waals surface area contributed by atoms with Gasteiger partial charge in [-0.2, -0.15) is 0 Å². The highest BCUT2D eigenvalue weighted by Crippen LogP contribution is 2.21. The first-order valence-electron chi connectivity index (χ1n) is 5.51. The van der Waals surface area contributed by atoms with E-state index in [4.69, 9.17) is 5.11 Å². The summed E-state index contributed by atoms with van der Waals surface area (Å²) < 4.78 is 53.0. The van der Waals surface area contributed by atoms with Crippen molar-refractivity contribution in [3.8, 4) is 0 Å². The molecule has 0 bridgehead atoms. The van der Waals surface area contributed by atoms with Crippen LogP contribution in [0.15, 0.2) is 29.4 Å². The number of nitrogens with one attached hydrogen (secondary N) is 2. The molecular formula is C11H11F2N3O3S. The number of H-pyrrole nitrogens is 1. The van der Waals surface area contributed by atoms with E-state index in [0.717, 1.165) is 12.1 Å². The lowest BCUT2D eigenvalue weighted by atomic mass is 10.2. The number of sulfonamides is 1. The first-order valence-corrected chi connectivity index (χ1v) is 6.99. The highest BCUT2D eigenvalue weighted by atomic mass is 32.2. The van der Waals surface area contributed by atoms with Crippen LogP contribution >= 0.6 is 0 Å². The van der Waals surface area contributed by atoms with Crippen LogP contribution < -0.4 is 4.72 Å². The first kappa shape index (κ1) is 14.6. The number of nitrogens with zero attached hydrogens (tertiary/aromatic N) is 1. The average molecular weight is 303 g/mol. The van der Waals surface area contributed by atoms with Crippen LogP contribution in [0.4, 0.5) is 8.78 Å². The van der Waals surface area contributed by atoms with E-state index in [1.54, 1.807) is 0 Å². The molecule has 1 aromatic heterocycles. The van der Waals surface area contributed by atoms with E-state index in [9.17, 15) is 17.2 Å². The molecule has 0 atom stereocenters. The molecule has 1 heterocycles. The molecule has 0 saturated carbocycles. The van der Waals surface area contributed by atoms with Gasteiger partial charge in [0.25, 0.3) is 0 Å². The van der Waals surface area contributed by atoms with Crippen molar-refractivity contribution in [2.75, 3.05) is 0 Å². The second-order valence-electron chi connectivity index (χ2n) is 3.86. The van der Waals surface area contributed by atoms with Crippen molar-refractivity contribution >= 4 is 10.0 Å². The third-order valence-corrected chi connectivity index (χ3v) is 4.00. The van der Waals surface area contributed by atoms with Gasteiger partial charge in [0.15, 0.2) is 5.82 Å². The summed E-state index contributed by atoms with van der Waals surface area (Å²) in [6.07, 6.45) is 2.94. The van der Waals surface area contributed by atoms with Crippen molar-refractivity contribution < 1.29 is 22.3 Å². The lowest BCUT2D eigenvalue weighted by Crippen LogP contribution is -2.25. The van der Waals surface area contributed by atoms with Gasteiger partial charge in [0.05, 0.1) is 18.7 Å². The standard InChI is InChI=1S/C11H11F2N3O3S/c12-8-1-2-9(11(13)7(8)6-17)20(18,19)16-5-10-14-3-4-15-10/h1-4,16-17H,5-6H2,(H,14,15). The minimum atomic E-state index is -4.18. The fraction of sp³-hybridized carbons (Fsp3) is 0.182. The molecular weight excluding hydrogens is 292 g/mol. The fourth-order valence-corrected chi connectivity index (χ4v) is 2.65. The fourth-order valence-electron chi connectivity index (χ4n) is 1.56. The molecule has 0 radical (unpaired) electrons. The van der Waals surface area contributed by atoms with E-state index < -0.39 is 38.7 Å². The minimum absolute atomic E-state index is 0.166. The third kappa shape index (κ3) is 2.84. The molecule has 20 heavy (non-hydrogen) atoms. The molecule has 9 heteroatoms. The van der Waals surface area contributed by atoms with E-state index in [-0.39, 0.29) is 6.54 Å². The Bertz CT molecular complexity index is 702. The van der Waals surface area contributed by atoms with Gasteiger partial charge in [-0.3, -0.25) is 0 Å². The topological polar surface area (TPSA) is 95.1 Å².